The third-order valence-corrected chi connectivity index (χ3v) is 6.93. The first-order valence-corrected chi connectivity index (χ1v) is 13.1. The predicted octanol–water partition coefficient (Wildman–Crippen LogP) is 5.67. The third-order valence-electron chi connectivity index (χ3n) is 6.04. The number of esters is 1. The average Bonchev–Trinajstić information content (AvgIpc) is 3.32. The first-order valence-electron chi connectivity index (χ1n) is 12.2. The van der Waals surface area contributed by atoms with Crippen molar-refractivity contribution in [2.24, 2.45) is 0 Å². The number of ether oxygens (including phenoxy) is 2. The Hall–Kier alpha value is -3.65. The lowest BCUT2D eigenvalue weighted by atomic mass is 9.95. The van der Waals surface area contributed by atoms with Crippen LogP contribution in [-0.2, 0) is 9.53 Å². The molecule has 0 bridgehead atoms. The molecule has 0 unspecified atom stereocenters. The van der Waals surface area contributed by atoms with E-state index in [2.05, 4.69) is 10.6 Å². The summed E-state index contributed by atoms with van der Waals surface area (Å²) < 4.78 is 10.8. The van der Waals surface area contributed by atoms with Crippen molar-refractivity contribution in [1.82, 2.24) is 5.32 Å². The Balaban J connectivity index is 1.36. The first kappa shape index (κ1) is 25.4. The van der Waals surface area contributed by atoms with E-state index in [1.54, 1.807) is 31.2 Å². The zero-order valence-electron chi connectivity index (χ0n) is 20.3. The second-order valence-corrected chi connectivity index (χ2v) is 9.49. The Bertz CT molecular complexity index is 1180. The maximum Gasteiger partial charge on any atom is 0.341 e. The highest BCUT2D eigenvalue weighted by Crippen LogP contribution is 2.36. The summed E-state index contributed by atoms with van der Waals surface area (Å²) in [5.41, 5.74) is 2.46. The third kappa shape index (κ3) is 6.51. The second-order valence-electron chi connectivity index (χ2n) is 8.61. The van der Waals surface area contributed by atoms with Gasteiger partial charge in [-0.25, -0.2) is 4.79 Å². The molecule has 0 radical (unpaired) electrons. The number of carbonyl (C=O) groups is 3. The Labute approximate surface area is 214 Å². The highest BCUT2D eigenvalue weighted by Gasteiger charge is 2.23. The Morgan fingerprint density at radius 2 is 1.69 bits per heavy atom. The predicted molar refractivity (Wildman–Crippen MR) is 141 cm³/mol. The van der Waals surface area contributed by atoms with Crippen LogP contribution in [0, 0.1) is 0 Å². The van der Waals surface area contributed by atoms with E-state index in [1.165, 1.54) is 17.8 Å². The minimum Gasteiger partial charge on any atom is -0.484 e. The number of anilines is 1. The van der Waals surface area contributed by atoms with Crippen molar-refractivity contribution in [2.45, 2.75) is 45.1 Å². The van der Waals surface area contributed by atoms with E-state index in [4.69, 9.17) is 9.47 Å². The van der Waals surface area contributed by atoms with E-state index in [9.17, 15) is 14.4 Å². The number of rotatable bonds is 9. The van der Waals surface area contributed by atoms with Gasteiger partial charge in [-0.05, 0) is 49.6 Å². The molecule has 1 heterocycles. The maximum absolute atomic E-state index is 12.7. The van der Waals surface area contributed by atoms with Crippen LogP contribution in [0.4, 0.5) is 5.00 Å². The van der Waals surface area contributed by atoms with Crippen molar-refractivity contribution in [3.05, 3.63) is 71.1 Å². The molecule has 7 nitrogen and oxygen atoms in total. The molecule has 1 fully saturated rings. The van der Waals surface area contributed by atoms with Crippen molar-refractivity contribution in [1.29, 1.82) is 0 Å². The van der Waals surface area contributed by atoms with E-state index >= 15 is 0 Å². The van der Waals surface area contributed by atoms with Gasteiger partial charge in [0.25, 0.3) is 11.8 Å². The summed E-state index contributed by atoms with van der Waals surface area (Å²) in [5.74, 6) is -0.511. The number of thiophene rings is 1. The molecule has 1 aliphatic carbocycles. The summed E-state index contributed by atoms with van der Waals surface area (Å²) in [6.07, 6.45) is 5.59. The lowest BCUT2D eigenvalue weighted by molar-refractivity contribution is -0.118. The SMILES string of the molecule is CCOC(=O)c1c(-c2ccccc2)csc1NC(=O)COc1ccc(C(=O)NC2CCCCC2)cc1. The van der Waals surface area contributed by atoms with E-state index in [1.807, 2.05) is 35.7 Å². The van der Waals surface area contributed by atoms with Crippen LogP contribution in [0.2, 0.25) is 0 Å². The zero-order valence-corrected chi connectivity index (χ0v) is 21.1. The summed E-state index contributed by atoms with van der Waals surface area (Å²) >= 11 is 1.26. The molecule has 4 rings (SSSR count). The number of hydrogen-bond acceptors (Lipinski definition) is 6. The molecule has 2 aromatic carbocycles. The van der Waals surface area contributed by atoms with Crippen molar-refractivity contribution in [2.75, 3.05) is 18.5 Å². The van der Waals surface area contributed by atoms with Gasteiger partial charge in [-0.1, -0.05) is 49.6 Å². The van der Waals surface area contributed by atoms with Crippen LogP contribution in [0.1, 0.15) is 59.7 Å². The molecule has 0 aliphatic heterocycles. The molecule has 1 aromatic heterocycles. The number of amides is 2. The highest BCUT2D eigenvalue weighted by molar-refractivity contribution is 7.15. The van der Waals surface area contributed by atoms with Gasteiger partial charge in [0.1, 0.15) is 16.3 Å². The van der Waals surface area contributed by atoms with E-state index in [0.29, 0.717) is 27.4 Å². The fourth-order valence-corrected chi connectivity index (χ4v) is 5.19. The topological polar surface area (TPSA) is 93.7 Å². The largest absolute Gasteiger partial charge is 0.484 e. The Morgan fingerprint density at radius 3 is 2.39 bits per heavy atom. The Morgan fingerprint density at radius 1 is 0.972 bits per heavy atom. The standard InChI is InChI=1S/C28H30N2O5S/c1-2-34-28(33)25-23(19-9-5-3-6-10-19)18-36-27(25)30-24(31)17-35-22-15-13-20(14-16-22)26(32)29-21-11-7-4-8-12-21/h3,5-6,9-10,13-16,18,21H,2,4,7-8,11-12,17H2,1H3,(H,29,32)(H,30,31). The molecule has 188 valence electrons. The van der Waals surface area contributed by atoms with E-state index in [0.717, 1.165) is 31.2 Å². The van der Waals surface area contributed by atoms with Gasteiger partial charge in [0, 0.05) is 22.5 Å². The van der Waals surface area contributed by atoms with Crippen molar-refractivity contribution in [3.63, 3.8) is 0 Å². The fourth-order valence-electron chi connectivity index (χ4n) is 4.22. The minimum absolute atomic E-state index is 0.0930. The van der Waals surface area contributed by atoms with Crippen LogP contribution in [0.5, 0.6) is 5.75 Å². The monoisotopic (exact) mass is 506 g/mol. The van der Waals surface area contributed by atoms with Crippen LogP contribution in [0.15, 0.2) is 60.0 Å². The summed E-state index contributed by atoms with van der Waals surface area (Å²) in [4.78, 5) is 37.8. The summed E-state index contributed by atoms with van der Waals surface area (Å²) in [5, 5.41) is 8.10. The molecule has 36 heavy (non-hydrogen) atoms. The molecule has 0 atom stereocenters. The fraction of sp³-hybridized carbons (Fsp3) is 0.321. The van der Waals surface area contributed by atoms with Gasteiger partial charge in [-0.2, -0.15) is 0 Å². The van der Waals surface area contributed by atoms with Crippen molar-refractivity contribution < 1.29 is 23.9 Å². The van der Waals surface area contributed by atoms with Gasteiger partial charge in [0.05, 0.1) is 6.61 Å². The van der Waals surface area contributed by atoms with Crippen LogP contribution < -0.4 is 15.4 Å². The number of nitrogens with one attached hydrogen (secondary N) is 2. The van der Waals surface area contributed by atoms with Gasteiger partial charge in [0.15, 0.2) is 6.61 Å². The average molecular weight is 507 g/mol. The number of hydrogen-bond donors (Lipinski definition) is 2. The molecule has 8 heteroatoms. The molecular weight excluding hydrogens is 476 g/mol. The number of carbonyl (C=O) groups excluding carboxylic acids is 3. The van der Waals surface area contributed by atoms with Gasteiger partial charge < -0.3 is 20.1 Å². The lowest BCUT2D eigenvalue weighted by Gasteiger charge is -2.22. The summed E-state index contributed by atoms with van der Waals surface area (Å²) in [7, 11) is 0. The van der Waals surface area contributed by atoms with Gasteiger partial charge in [0.2, 0.25) is 0 Å². The maximum atomic E-state index is 12.7. The van der Waals surface area contributed by atoms with E-state index < -0.39 is 11.9 Å². The van der Waals surface area contributed by atoms with E-state index in [-0.39, 0.29) is 25.2 Å². The second kappa shape index (κ2) is 12.4. The molecule has 2 amide bonds. The van der Waals surface area contributed by atoms with Crippen LogP contribution in [0.3, 0.4) is 0 Å². The smallest absolute Gasteiger partial charge is 0.341 e. The molecule has 0 spiro atoms. The van der Waals surface area contributed by atoms with Crippen molar-refractivity contribution in [3.8, 4) is 16.9 Å². The van der Waals surface area contributed by atoms with Gasteiger partial charge >= 0.3 is 5.97 Å². The molecule has 3 aromatic rings. The normalized spacial score (nSPS) is 13.6. The van der Waals surface area contributed by atoms with Crippen molar-refractivity contribution >= 4 is 34.1 Å². The molecule has 0 saturated heterocycles. The van der Waals surface area contributed by atoms with Crippen LogP contribution in [0.25, 0.3) is 11.1 Å². The quantitative estimate of drug-likeness (QED) is 0.365. The number of benzene rings is 2. The van der Waals surface area contributed by atoms with Gasteiger partial charge in [-0.3, -0.25) is 9.59 Å². The van der Waals surface area contributed by atoms with Crippen LogP contribution >= 0.6 is 11.3 Å². The first-order chi connectivity index (χ1) is 17.5. The zero-order chi connectivity index (χ0) is 25.3. The molecule has 2 N–H and O–H groups in total. The minimum atomic E-state index is -0.490. The summed E-state index contributed by atoms with van der Waals surface area (Å²) in [6, 6.07) is 16.4. The molecular formula is C28H30N2O5S. The summed E-state index contributed by atoms with van der Waals surface area (Å²) in [6.45, 7) is 1.73. The molecule has 1 saturated carbocycles. The highest BCUT2D eigenvalue weighted by atomic mass is 32.1. The lowest BCUT2D eigenvalue weighted by Crippen LogP contribution is -2.36. The van der Waals surface area contributed by atoms with Gasteiger partial charge in [-0.15, -0.1) is 11.3 Å². The Kier molecular flexibility index (Phi) is 8.73. The molecule has 1 aliphatic rings. The van der Waals surface area contributed by atoms with Crippen LogP contribution in [-0.4, -0.2) is 37.0 Å².